The van der Waals surface area contributed by atoms with Gasteiger partial charge in [0.15, 0.2) is 5.69 Å². The number of hydrogen-bond acceptors (Lipinski definition) is 4. The highest BCUT2D eigenvalue weighted by atomic mass is 35.5. The molecule has 2 aromatic rings. The molecule has 1 aliphatic rings. The standard InChI is InChI=1S/C17H20ClN3O3/c1-11-15(18)16(21-20-11)17(22)19-13-10-23-8-7-14(13)24-9-12-5-3-2-4-6-12/h2-6,13-14H,7-10H2,1H3,(H,19,22)(H,20,21)/t13-,14+/m1/s1. The lowest BCUT2D eigenvalue weighted by atomic mass is 10.1. The van der Waals surface area contributed by atoms with Gasteiger partial charge in [-0.15, -0.1) is 0 Å². The van der Waals surface area contributed by atoms with Crippen molar-refractivity contribution in [2.75, 3.05) is 13.2 Å². The summed E-state index contributed by atoms with van der Waals surface area (Å²) in [5, 5.41) is 9.92. The van der Waals surface area contributed by atoms with Crippen LogP contribution in [0.3, 0.4) is 0 Å². The Morgan fingerprint density at radius 1 is 1.46 bits per heavy atom. The summed E-state index contributed by atoms with van der Waals surface area (Å²) in [6, 6.07) is 9.71. The molecule has 1 aliphatic heterocycles. The Morgan fingerprint density at radius 2 is 2.25 bits per heavy atom. The Bertz CT molecular complexity index is 690. The van der Waals surface area contributed by atoms with Crippen LogP contribution in [0, 0.1) is 6.92 Å². The second kappa shape index (κ2) is 7.79. The number of rotatable bonds is 5. The molecular formula is C17H20ClN3O3. The van der Waals surface area contributed by atoms with Gasteiger partial charge < -0.3 is 14.8 Å². The molecule has 0 radical (unpaired) electrons. The quantitative estimate of drug-likeness (QED) is 0.869. The lowest BCUT2D eigenvalue weighted by molar-refractivity contribution is -0.0605. The summed E-state index contributed by atoms with van der Waals surface area (Å²) >= 11 is 6.08. The van der Waals surface area contributed by atoms with Crippen molar-refractivity contribution in [1.29, 1.82) is 0 Å². The first-order chi connectivity index (χ1) is 11.6. The summed E-state index contributed by atoms with van der Waals surface area (Å²) < 4.78 is 11.5. The van der Waals surface area contributed by atoms with E-state index >= 15 is 0 Å². The highest BCUT2D eigenvalue weighted by Gasteiger charge is 2.29. The fraction of sp³-hybridized carbons (Fsp3) is 0.412. The number of aryl methyl sites for hydroxylation is 1. The van der Waals surface area contributed by atoms with Gasteiger partial charge in [-0.3, -0.25) is 9.89 Å². The Morgan fingerprint density at radius 3 is 2.96 bits per heavy atom. The number of carbonyl (C=O) groups excluding carboxylic acids is 1. The zero-order valence-electron chi connectivity index (χ0n) is 13.4. The van der Waals surface area contributed by atoms with Crippen LogP contribution in [-0.2, 0) is 16.1 Å². The van der Waals surface area contributed by atoms with Crippen LogP contribution in [0.5, 0.6) is 0 Å². The molecule has 0 saturated carbocycles. The zero-order valence-corrected chi connectivity index (χ0v) is 14.2. The average Bonchev–Trinajstić information content (AvgIpc) is 2.94. The fourth-order valence-electron chi connectivity index (χ4n) is 2.63. The number of aromatic nitrogens is 2. The van der Waals surface area contributed by atoms with E-state index in [2.05, 4.69) is 15.5 Å². The molecule has 1 saturated heterocycles. The number of carbonyl (C=O) groups is 1. The Labute approximate surface area is 145 Å². The summed E-state index contributed by atoms with van der Waals surface area (Å²) in [7, 11) is 0. The smallest absolute Gasteiger partial charge is 0.273 e. The van der Waals surface area contributed by atoms with Gasteiger partial charge in [0.05, 0.1) is 36.1 Å². The first-order valence-corrected chi connectivity index (χ1v) is 8.27. The zero-order chi connectivity index (χ0) is 16.9. The van der Waals surface area contributed by atoms with Crippen LogP contribution in [0.1, 0.15) is 28.2 Å². The number of ether oxygens (including phenoxy) is 2. The van der Waals surface area contributed by atoms with Gasteiger partial charge in [-0.25, -0.2) is 0 Å². The minimum atomic E-state index is -0.326. The summed E-state index contributed by atoms with van der Waals surface area (Å²) in [4.78, 5) is 12.4. The van der Waals surface area contributed by atoms with Gasteiger partial charge in [-0.05, 0) is 18.9 Å². The first-order valence-electron chi connectivity index (χ1n) is 7.89. The van der Waals surface area contributed by atoms with E-state index in [0.29, 0.717) is 30.5 Å². The van der Waals surface area contributed by atoms with Gasteiger partial charge >= 0.3 is 0 Å². The van der Waals surface area contributed by atoms with Gasteiger partial charge in [0.1, 0.15) is 0 Å². The molecule has 2 heterocycles. The van der Waals surface area contributed by atoms with Gasteiger partial charge in [-0.2, -0.15) is 5.10 Å². The van der Waals surface area contributed by atoms with Crippen LogP contribution >= 0.6 is 11.6 Å². The molecule has 128 valence electrons. The molecule has 1 fully saturated rings. The largest absolute Gasteiger partial charge is 0.379 e. The van der Waals surface area contributed by atoms with Gasteiger partial charge in [-0.1, -0.05) is 41.9 Å². The van der Waals surface area contributed by atoms with Crippen LogP contribution in [0.15, 0.2) is 30.3 Å². The Kier molecular flexibility index (Phi) is 5.50. The van der Waals surface area contributed by atoms with E-state index in [9.17, 15) is 4.79 Å². The number of aromatic amines is 1. The highest BCUT2D eigenvalue weighted by molar-refractivity contribution is 6.34. The van der Waals surface area contributed by atoms with E-state index in [1.807, 2.05) is 30.3 Å². The van der Waals surface area contributed by atoms with Crippen molar-refractivity contribution in [3.05, 3.63) is 52.3 Å². The molecule has 2 N–H and O–H groups in total. The van der Waals surface area contributed by atoms with Crippen LogP contribution in [0.4, 0.5) is 0 Å². The number of nitrogens with zero attached hydrogens (tertiary/aromatic N) is 1. The third-order valence-corrected chi connectivity index (χ3v) is 4.47. The first kappa shape index (κ1) is 17.0. The molecule has 1 aromatic heterocycles. The van der Waals surface area contributed by atoms with Crippen molar-refractivity contribution >= 4 is 17.5 Å². The number of nitrogens with one attached hydrogen (secondary N) is 2. The highest BCUT2D eigenvalue weighted by Crippen LogP contribution is 2.19. The maximum Gasteiger partial charge on any atom is 0.273 e. The van der Waals surface area contributed by atoms with Crippen molar-refractivity contribution in [1.82, 2.24) is 15.5 Å². The van der Waals surface area contributed by atoms with Crippen molar-refractivity contribution in [2.24, 2.45) is 0 Å². The van der Waals surface area contributed by atoms with Gasteiger partial charge in [0.2, 0.25) is 0 Å². The van der Waals surface area contributed by atoms with E-state index in [4.69, 9.17) is 21.1 Å². The number of benzene rings is 1. The minimum Gasteiger partial charge on any atom is -0.379 e. The molecule has 1 amide bonds. The van der Waals surface area contributed by atoms with E-state index in [1.54, 1.807) is 6.92 Å². The van der Waals surface area contributed by atoms with Crippen molar-refractivity contribution in [2.45, 2.75) is 32.1 Å². The third-order valence-electron chi connectivity index (χ3n) is 4.00. The van der Waals surface area contributed by atoms with Crippen molar-refractivity contribution in [3.8, 4) is 0 Å². The summed E-state index contributed by atoms with van der Waals surface area (Å²) in [5.74, 6) is -0.326. The maximum atomic E-state index is 12.4. The van der Waals surface area contributed by atoms with E-state index < -0.39 is 0 Å². The minimum absolute atomic E-state index is 0.110. The van der Waals surface area contributed by atoms with E-state index in [1.165, 1.54) is 0 Å². The topological polar surface area (TPSA) is 76.2 Å². The summed E-state index contributed by atoms with van der Waals surface area (Å²) in [6.45, 7) is 3.29. The molecule has 0 spiro atoms. The molecule has 0 bridgehead atoms. The molecule has 0 unspecified atom stereocenters. The molecule has 2 atom stereocenters. The number of hydrogen-bond donors (Lipinski definition) is 2. The fourth-order valence-corrected chi connectivity index (χ4v) is 2.80. The number of halogens is 1. The lowest BCUT2D eigenvalue weighted by Gasteiger charge is -2.32. The monoisotopic (exact) mass is 349 g/mol. The molecule has 6 nitrogen and oxygen atoms in total. The van der Waals surface area contributed by atoms with Crippen molar-refractivity contribution in [3.63, 3.8) is 0 Å². The second-order valence-corrected chi connectivity index (χ2v) is 6.17. The predicted molar refractivity (Wildman–Crippen MR) is 90.0 cm³/mol. The van der Waals surface area contributed by atoms with Crippen LogP contribution in [0.25, 0.3) is 0 Å². The van der Waals surface area contributed by atoms with Crippen molar-refractivity contribution < 1.29 is 14.3 Å². The predicted octanol–water partition coefficient (Wildman–Crippen LogP) is 2.48. The molecule has 24 heavy (non-hydrogen) atoms. The molecule has 3 rings (SSSR count). The Hall–Kier alpha value is -1.89. The van der Waals surface area contributed by atoms with Crippen LogP contribution in [-0.4, -0.2) is 41.5 Å². The lowest BCUT2D eigenvalue weighted by Crippen LogP contribution is -2.50. The molecule has 7 heteroatoms. The molecule has 1 aromatic carbocycles. The average molecular weight is 350 g/mol. The SMILES string of the molecule is Cc1[nH]nc(C(=O)N[C@@H]2COCC[C@@H]2OCc2ccccc2)c1Cl. The molecule has 0 aliphatic carbocycles. The third kappa shape index (κ3) is 3.95. The second-order valence-electron chi connectivity index (χ2n) is 5.79. The van der Waals surface area contributed by atoms with Gasteiger partial charge in [0.25, 0.3) is 5.91 Å². The maximum absolute atomic E-state index is 12.4. The van der Waals surface area contributed by atoms with Crippen LogP contribution < -0.4 is 5.32 Å². The summed E-state index contributed by atoms with van der Waals surface area (Å²) in [5.41, 5.74) is 1.96. The molecular weight excluding hydrogens is 330 g/mol. The van der Waals surface area contributed by atoms with E-state index in [0.717, 1.165) is 12.0 Å². The number of H-pyrrole nitrogens is 1. The number of amides is 1. The van der Waals surface area contributed by atoms with E-state index in [-0.39, 0.29) is 23.7 Å². The Balaban J connectivity index is 1.62. The normalized spacial score (nSPS) is 20.8. The summed E-state index contributed by atoms with van der Waals surface area (Å²) in [6.07, 6.45) is 0.618. The van der Waals surface area contributed by atoms with Gasteiger partial charge in [0, 0.05) is 6.61 Å². The van der Waals surface area contributed by atoms with Crippen LogP contribution in [0.2, 0.25) is 5.02 Å².